The van der Waals surface area contributed by atoms with Crippen LogP contribution in [0, 0.1) is 0 Å². The largest absolute Gasteiger partial charge is 0.493 e. The molecule has 24 heavy (non-hydrogen) atoms. The van der Waals surface area contributed by atoms with Gasteiger partial charge in [-0.25, -0.2) is 0 Å². The van der Waals surface area contributed by atoms with Crippen molar-refractivity contribution in [3.8, 4) is 11.5 Å². The van der Waals surface area contributed by atoms with E-state index in [0.29, 0.717) is 12.6 Å². The number of ether oxygens (including phenoxy) is 2. The smallest absolute Gasteiger partial charge is 0.166 e. The normalized spacial score (nSPS) is 14.8. The van der Waals surface area contributed by atoms with Gasteiger partial charge in [0.1, 0.15) is 6.61 Å². The third kappa shape index (κ3) is 4.43. The van der Waals surface area contributed by atoms with E-state index in [1.54, 1.807) is 7.11 Å². The number of nitrogens with one attached hydrogen (secondary N) is 1. The molecule has 1 fully saturated rings. The molecule has 0 amide bonds. The summed E-state index contributed by atoms with van der Waals surface area (Å²) in [6.07, 6.45) is 5.19. The molecule has 0 aromatic heterocycles. The molecule has 0 atom stereocenters. The van der Waals surface area contributed by atoms with Gasteiger partial charge in [-0.05, 0) is 36.6 Å². The fraction of sp³-hybridized carbons (Fsp3) is 0.400. The second-order valence-corrected chi connectivity index (χ2v) is 6.67. The van der Waals surface area contributed by atoms with Crippen LogP contribution in [0.1, 0.15) is 36.8 Å². The van der Waals surface area contributed by atoms with Gasteiger partial charge >= 0.3 is 0 Å². The number of para-hydroxylation sites is 1. The lowest BCUT2D eigenvalue weighted by Crippen LogP contribution is -2.25. The third-order valence-corrected chi connectivity index (χ3v) is 4.72. The van der Waals surface area contributed by atoms with Crippen LogP contribution < -0.4 is 14.8 Å². The summed E-state index contributed by atoms with van der Waals surface area (Å²) < 4.78 is 11.6. The minimum Gasteiger partial charge on any atom is -0.493 e. The minimum atomic E-state index is 0.470. The highest BCUT2D eigenvalue weighted by Crippen LogP contribution is 2.32. The van der Waals surface area contributed by atoms with Crippen molar-refractivity contribution in [3.05, 3.63) is 58.6 Å². The molecule has 128 valence electrons. The first kappa shape index (κ1) is 17.1. The van der Waals surface area contributed by atoms with Crippen LogP contribution >= 0.6 is 11.6 Å². The first-order valence-electron chi connectivity index (χ1n) is 8.53. The van der Waals surface area contributed by atoms with Crippen molar-refractivity contribution in [1.82, 2.24) is 5.32 Å². The number of methoxy groups -OCH3 is 1. The van der Waals surface area contributed by atoms with Crippen LogP contribution in [-0.4, -0.2) is 13.2 Å². The Morgan fingerprint density at radius 3 is 2.67 bits per heavy atom. The quantitative estimate of drug-likeness (QED) is 0.769. The number of rotatable bonds is 7. The van der Waals surface area contributed by atoms with Gasteiger partial charge in [-0.1, -0.05) is 48.7 Å². The molecule has 0 aliphatic heterocycles. The van der Waals surface area contributed by atoms with Gasteiger partial charge in [0.05, 0.1) is 7.11 Å². The Kier molecular flexibility index (Phi) is 6.00. The van der Waals surface area contributed by atoms with Gasteiger partial charge in [0.2, 0.25) is 0 Å². The molecule has 1 aliphatic rings. The lowest BCUT2D eigenvalue weighted by molar-refractivity contribution is 0.280. The molecule has 0 unspecified atom stereocenters. The Hall–Kier alpha value is -1.71. The van der Waals surface area contributed by atoms with Gasteiger partial charge in [-0.3, -0.25) is 0 Å². The predicted molar refractivity (Wildman–Crippen MR) is 97.9 cm³/mol. The Morgan fingerprint density at radius 2 is 1.92 bits per heavy atom. The van der Waals surface area contributed by atoms with E-state index >= 15 is 0 Å². The van der Waals surface area contributed by atoms with Crippen molar-refractivity contribution in [2.45, 2.75) is 44.9 Å². The molecule has 0 bridgehead atoms. The summed E-state index contributed by atoms with van der Waals surface area (Å²) in [6.45, 7) is 1.27. The summed E-state index contributed by atoms with van der Waals surface area (Å²) in [5.41, 5.74) is 2.17. The van der Waals surface area contributed by atoms with Crippen molar-refractivity contribution < 1.29 is 9.47 Å². The summed E-state index contributed by atoms with van der Waals surface area (Å²) in [5.74, 6) is 1.58. The molecule has 0 radical (unpaired) electrons. The molecule has 2 aromatic carbocycles. The van der Waals surface area contributed by atoms with E-state index in [0.717, 1.165) is 34.2 Å². The number of benzene rings is 2. The fourth-order valence-corrected chi connectivity index (χ4v) is 3.40. The molecule has 3 rings (SSSR count). The maximum Gasteiger partial charge on any atom is 0.166 e. The zero-order chi connectivity index (χ0) is 16.8. The van der Waals surface area contributed by atoms with Gasteiger partial charge < -0.3 is 14.8 Å². The molecule has 1 saturated carbocycles. The maximum absolute atomic E-state index is 6.09. The highest BCUT2D eigenvalue weighted by atomic mass is 35.5. The Bertz CT molecular complexity index is 668. The van der Waals surface area contributed by atoms with Gasteiger partial charge in [0.25, 0.3) is 0 Å². The third-order valence-electron chi connectivity index (χ3n) is 4.49. The molecule has 3 nitrogen and oxygen atoms in total. The topological polar surface area (TPSA) is 30.5 Å². The number of hydrogen-bond donors (Lipinski definition) is 1. The average Bonchev–Trinajstić information content (AvgIpc) is 3.12. The van der Waals surface area contributed by atoms with Crippen LogP contribution in [0.25, 0.3) is 0 Å². The maximum atomic E-state index is 6.09. The van der Waals surface area contributed by atoms with Gasteiger partial charge in [0.15, 0.2) is 11.5 Å². The molecular formula is C20H24ClNO2. The van der Waals surface area contributed by atoms with Gasteiger partial charge in [-0.15, -0.1) is 0 Å². The molecule has 0 saturated heterocycles. The number of halogens is 1. The average molecular weight is 346 g/mol. The molecule has 0 heterocycles. The van der Waals surface area contributed by atoms with Crippen LogP contribution in [0.5, 0.6) is 11.5 Å². The van der Waals surface area contributed by atoms with Crippen molar-refractivity contribution in [2.75, 3.05) is 7.11 Å². The Morgan fingerprint density at radius 1 is 1.12 bits per heavy atom. The number of hydrogen-bond acceptors (Lipinski definition) is 3. The molecule has 1 N–H and O–H groups in total. The SMILES string of the molecule is COc1cccc(CNC2CCCC2)c1OCc1cccc(Cl)c1. The molecule has 4 heteroatoms. The Balaban J connectivity index is 1.71. The zero-order valence-corrected chi connectivity index (χ0v) is 14.8. The summed E-state index contributed by atoms with van der Waals surface area (Å²) in [7, 11) is 1.68. The summed E-state index contributed by atoms with van der Waals surface area (Å²) in [6, 6.07) is 14.4. The van der Waals surface area contributed by atoms with Crippen molar-refractivity contribution >= 4 is 11.6 Å². The van der Waals surface area contributed by atoms with Crippen LogP contribution in [0.2, 0.25) is 5.02 Å². The lowest BCUT2D eigenvalue weighted by atomic mass is 10.1. The van der Waals surface area contributed by atoms with Crippen LogP contribution in [0.15, 0.2) is 42.5 Å². The van der Waals surface area contributed by atoms with E-state index in [1.807, 2.05) is 36.4 Å². The van der Waals surface area contributed by atoms with Crippen LogP contribution in [0.4, 0.5) is 0 Å². The second kappa shape index (κ2) is 8.41. The van der Waals surface area contributed by atoms with Gasteiger partial charge in [-0.2, -0.15) is 0 Å². The summed E-state index contributed by atoms with van der Waals surface area (Å²) in [4.78, 5) is 0. The molecule has 0 spiro atoms. The fourth-order valence-electron chi connectivity index (χ4n) is 3.19. The highest BCUT2D eigenvalue weighted by molar-refractivity contribution is 6.30. The van der Waals surface area contributed by atoms with E-state index in [-0.39, 0.29) is 0 Å². The summed E-state index contributed by atoms with van der Waals surface area (Å²) >= 11 is 6.05. The molecular weight excluding hydrogens is 322 g/mol. The second-order valence-electron chi connectivity index (χ2n) is 6.23. The van der Waals surface area contributed by atoms with Crippen LogP contribution in [0.3, 0.4) is 0 Å². The van der Waals surface area contributed by atoms with Crippen LogP contribution in [-0.2, 0) is 13.2 Å². The standard InChI is InChI=1S/C20H24ClNO2/c1-23-19-11-5-7-16(13-22-18-9-2-3-10-18)20(19)24-14-15-6-4-8-17(21)12-15/h4-8,11-12,18,22H,2-3,9-10,13-14H2,1H3. The van der Waals surface area contributed by atoms with Crippen molar-refractivity contribution in [3.63, 3.8) is 0 Å². The minimum absolute atomic E-state index is 0.470. The predicted octanol–water partition coefficient (Wildman–Crippen LogP) is 4.96. The van der Waals surface area contributed by atoms with Crippen molar-refractivity contribution in [2.24, 2.45) is 0 Å². The molecule has 2 aromatic rings. The van der Waals surface area contributed by atoms with E-state index in [4.69, 9.17) is 21.1 Å². The van der Waals surface area contributed by atoms with E-state index in [1.165, 1.54) is 25.7 Å². The lowest BCUT2D eigenvalue weighted by Gasteiger charge is -2.17. The monoisotopic (exact) mass is 345 g/mol. The van der Waals surface area contributed by atoms with E-state index in [9.17, 15) is 0 Å². The van der Waals surface area contributed by atoms with E-state index < -0.39 is 0 Å². The zero-order valence-electron chi connectivity index (χ0n) is 14.1. The molecule has 1 aliphatic carbocycles. The summed E-state index contributed by atoms with van der Waals surface area (Å²) in [5, 5.41) is 4.36. The van der Waals surface area contributed by atoms with Gasteiger partial charge in [0, 0.05) is 23.2 Å². The first-order valence-corrected chi connectivity index (χ1v) is 8.90. The van der Waals surface area contributed by atoms with E-state index in [2.05, 4.69) is 11.4 Å². The van der Waals surface area contributed by atoms with Crippen molar-refractivity contribution in [1.29, 1.82) is 0 Å². The Labute approximate surface area is 148 Å². The highest BCUT2D eigenvalue weighted by Gasteiger charge is 2.16. The first-order chi connectivity index (χ1) is 11.8.